The minimum Gasteiger partial charge on any atom is -0.326 e. The van der Waals surface area contributed by atoms with Crippen LogP contribution in [0.5, 0.6) is 0 Å². The first-order valence-electron chi connectivity index (χ1n) is 6.17. The van der Waals surface area contributed by atoms with Crippen molar-refractivity contribution >= 4 is 34.5 Å². The molecule has 1 aliphatic heterocycles. The van der Waals surface area contributed by atoms with Crippen LogP contribution in [0.3, 0.4) is 0 Å². The number of carbonyl (C=O) groups excluding carboxylic acids is 1. The van der Waals surface area contributed by atoms with Gasteiger partial charge in [0.25, 0.3) is 0 Å². The third-order valence-electron chi connectivity index (χ3n) is 3.38. The van der Waals surface area contributed by atoms with Gasteiger partial charge in [-0.15, -0.1) is 11.3 Å². The van der Waals surface area contributed by atoms with E-state index in [9.17, 15) is 9.18 Å². The van der Waals surface area contributed by atoms with Crippen LogP contribution in [-0.4, -0.2) is 5.91 Å². The molecule has 2 heterocycles. The highest BCUT2D eigenvalue weighted by atomic mass is 35.5. The van der Waals surface area contributed by atoms with Gasteiger partial charge >= 0.3 is 0 Å². The van der Waals surface area contributed by atoms with Crippen molar-refractivity contribution in [2.45, 2.75) is 18.9 Å². The van der Waals surface area contributed by atoms with Crippen LogP contribution in [0.2, 0.25) is 5.02 Å². The number of nitrogens with one attached hydrogen (secondary N) is 1. The van der Waals surface area contributed by atoms with Crippen LogP contribution in [-0.2, 0) is 11.2 Å². The third kappa shape index (κ3) is 2.32. The van der Waals surface area contributed by atoms with Gasteiger partial charge in [0.15, 0.2) is 0 Å². The van der Waals surface area contributed by atoms with Crippen molar-refractivity contribution in [1.29, 1.82) is 0 Å². The fourth-order valence-electron chi connectivity index (χ4n) is 2.33. The van der Waals surface area contributed by atoms with Crippen molar-refractivity contribution < 1.29 is 9.18 Å². The number of carbonyl (C=O) groups is 1. The lowest BCUT2D eigenvalue weighted by molar-refractivity contribution is -0.116. The second-order valence-corrected chi connectivity index (χ2v) is 6.04. The van der Waals surface area contributed by atoms with E-state index in [1.165, 1.54) is 17.4 Å². The lowest BCUT2D eigenvalue weighted by atomic mass is 9.96. The van der Waals surface area contributed by atoms with Crippen molar-refractivity contribution in [3.8, 4) is 0 Å². The molecule has 3 nitrogen and oxygen atoms in total. The molecule has 0 fully saturated rings. The zero-order valence-corrected chi connectivity index (χ0v) is 12.0. The Morgan fingerprint density at radius 1 is 1.40 bits per heavy atom. The van der Waals surface area contributed by atoms with Crippen LogP contribution >= 0.6 is 22.9 Å². The average molecular weight is 311 g/mol. The molecular formula is C14H12ClFN2OS. The summed E-state index contributed by atoms with van der Waals surface area (Å²) in [6, 6.07) is 4.22. The Morgan fingerprint density at radius 2 is 2.20 bits per heavy atom. The first kappa shape index (κ1) is 13.5. The zero-order valence-electron chi connectivity index (χ0n) is 10.5. The second kappa shape index (κ2) is 5.16. The van der Waals surface area contributed by atoms with E-state index < -0.39 is 11.9 Å². The number of halogens is 2. The van der Waals surface area contributed by atoms with E-state index in [-0.39, 0.29) is 5.91 Å². The van der Waals surface area contributed by atoms with Gasteiger partial charge in [0, 0.05) is 22.5 Å². The van der Waals surface area contributed by atoms with Crippen LogP contribution in [0.1, 0.15) is 28.5 Å². The van der Waals surface area contributed by atoms with Crippen LogP contribution in [0.25, 0.3) is 0 Å². The Morgan fingerprint density at radius 3 is 2.90 bits per heavy atom. The topological polar surface area (TPSA) is 55.1 Å². The summed E-state index contributed by atoms with van der Waals surface area (Å²) in [5.41, 5.74) is 7.97. The maximum absolute atomic E-state index is 14.2. The molecule has 1 aromatic carbocycles. The Bertz CT molecular complexity index is 686. The summed E-state index contributed by atoms with van der Waals surface area (Å²) in [4.78, 5) is 12.1. The number of benzene rings is 1. The summed E-state index contributed by atoms with van der Waals surface area (Å²) in [6.07, 6.45) is 1.01. The highest BCUT2D eigenvalue weighted by molar-refractivity contribution is 7.10. The molecule has 1 aliphatic rings. The zero-order chi connectivity index (χ0) is 14.3. The summed E-state index contributed by atoms with van der Waals surface area (Å²) < 4.78 is 14.2. The molecule has 1 aromatic heterocycles. The third-order valence-corrected chi connectivity index (χ3v) is 4.82. The van der Waals surface area contributed by atoms with Gasteiger partial charge in [-0.2, -0.15) is 0 Å². The molecule has 104 valence electrons. The molecule has 1 unspecified atom stereocenters. The number of nitrogens with two attached hydrogens (primary N) is 1. The van der Waals surface area contributed by atoms with Crippen molar-refractivity contribution in [3.63, 3.8) is 0 Å². The number of thiophene rings is 1. The summed E-state index contributed by atoms with van der Waals surface area (Å²) in [6.45, 7) is 0. The van der Waals surface area contributed by atoms with Gasteiger partial charge in [-0.1, -0.05) is 11.6 Å². The Balaban J connectivity index is 2.02. The molecule has 6 heteroatoms. The highest BCUT2D eigenvalue weighted by Gasteiger charge is 2.22. The van der Waals surface area contributed by atoms with Crippen LogP contribution < -0.4 is 11.1 Å². The number of rotatable bonds is 2. The minimum atomic E-state index is -0.592. The summed E-state index contributed by atoms with van der Waals surface area (Å²) in [5, 5.41) is 5.05. The van der Waals surface area contributed by atoms with E-state index in [2.05, 4.69) is 5.32 Å². The Kier molecular flexibility index (Phi) is 3.50. The van der Waals surface area contributed by atoms with Crippen molar-refractivity contribution in [2.24, 2.45) is 5.73 Å². The SMILES string of the molecule is NC(c1cc2c(cc1F)NC(=O)CC2)c1sccc1Cl. The van der Waals surface area contributed by atoms with E-state index in [0.717, 1.165) is 10.4 Å². The largest absolute Gasteiger partial charge is 0.326 e. The number of hydrogen-bond donors (Lipinski definition) is 2. The Hall–Kier alpha value is -1.43. The highest BCUT2D eigenvalue weighted by Crippen LogP contribution is 2.35. The van der Waals surface area contributed by atoms with Crippen molar-refractivity contribution in [2.75, 3.05) is 5.32 Å². The van der Waals surface area contributed by atoms with Crippen LogP contribution in [0, 0.1) is 5.82 Å². The first-order valence-corrected chi connectivity index (χ1v) is 7.42. The number of amides is 1. The van der Waals surface area contributed by atoms with Gasteiger partial charge < -0.3 is 11.1 Å². The minimum absolute atomic E-state index is 0.0877. The average Bonchev–Trinajstić information content (AvgIpc) is 2.83. The van der Waals surface area contributed by atoms with Gasteiger partial charge in [0.05, 0.1) is 11.1 Å². The van der Waals surface area contributed by atoms with Crippen molar-refractivity contribution in [3.05, 3.63) is 50.4 Å². The normalized spacial score (nSPS) is 15.7. The molecule has 0 aliphatic carbocycles. The molecule has 1 atom stereocenters. The predicted molar refractivity (Wildman–Crippen MR) is 78.7 cm³/mol. The summed E-state index contributed by atoms with van der Waals surface area (Å²) in [7, 11) is 0. The molecule has 0 saturated carbocycles. The van der Waals surface area contributed by atoms with E-state index in [1.807, 2.05) is 5.38 Å². The maximum atomic E-state index is 14.2. The molecule has 3 N–H and O–H groups in total. The van der Waals surface area contributed by atoms with Crippen LogP contribution in [0.4, 0.5) is 10.1 Å². The molecule has 20 heavy (non-hydrogen) atoms. The van der Waals surface area contributed by atoms with Gasteiger partial charge in [-0.3, -0.25) is 4.79 Å². The van der Waals surface area contributed by atoms with Crippen LogP contribution in [0.15, 0.2) is 23.6 Å². The molecule has 0 radical (unpaired) electrons. The molecule has 3 rings (SSSR count). The predicted octanol–water partition coefficient (Wildman–Crippen LogP) is 3.47. The van der Waals surface area contributed by atoms with E-state index in [4.69, 9.17) is 17.3 Å². The fraction of sp³-hybridized carbons (Fsp3) is 0.214. The van der Waals surface area contributed by atoms with E-state index >= 15 is 0 Å². The molecular weight excluding hydrogens is 299 g/mol. The number of fused-ring (bicyclic) bond motifs is 1. The first-order chi connectivity index (χ1) is 9.56. The smallest absolute Gasteiger partial charge is 0.224 e. The monoisotopic (exact) mass is 310 g/mol. The lowest BCUT2D eigenvalue weighted by Crippen LogP contribution is -2.21. The van der Waals surface area contributed by atoms with E-state index in [0.29, 0.717) is 29.1 Å². The van der Waals surface area contributed by atoms with Crippen molar-refractivity contribution in [1.82, 2.24) is 0 Å². The number of hydrogen-bond acceptors (Lipinski definition) is 3. The molecule has 0 saturated heterocycles. The number of aryl methyl sites for hydroxylation is 1. The van der Waals surface area contributed by atoms with Gasteiger partial charge in [-0.05, 0) is 35.6 Å². The standard InChI is InChI=1S/C14H12ClFN2OS/c15-9-3-4-20-14(9)13(17)8-5-7-1-2-12(19)18-11(7)6-10(8)16/h3-6,13H,1-2,17H2,(H,18,19). The molecule has 2 aromatic rings. The quantitative estimate of drug-likeness (QED) is 0.892. The van der Waals surface area contributed by atoms with Gasteiger partial charge in [0.2, 0.25) is 5.91 Å². The Labute approximate surface area is 124 Å². The molecule has 0 bridgehead atoms. The molecule has 1 amide bonds. The fourth-order valence-corrected chi connectivity index (χ4v) is 3.52. The number of anilines is 1. The second-order valence-electron chi connectivity index (χ2n) is 4.69. The lowest BCUT2D eigenvalue weighted by Gasteiger charge is -2.20. The van der Waals surface area contributed by atoms with E-state index in [1.54, 1.807) is 12.1 Å². The maximum Gasteiger partial charge on any atom is 0.224 e. The van der Waals surface area contributed by atoms with Gasteiger partial charge in [-0.25, -0.2) is 4.39 Å². The summed E-state index contributed by atoms with van der Waals surface area (Å²) in [5.74, 6) is -0.516. The summed E-state index contributed by atoms with van der Waals surface area (Å²) >= 11 is 7.46. The van der Waals surface area contributed by atoms with Gasteiger partial charge in [0.1, 0.15) is 5.82 Å². The molecule has 0 spiro atoms.